The number of hydrogen-bond acceptors (Lipinski definition) is 10. The fourth-order valence-electron chi connectivity index (χ4n) is 0.749. The number of rotatable bonds is 6. The van der Waals surface area contributed by atoms with Gasteiger partial charge in [-0.3, -0.25) is 0 Å². The summed E-state index contributed by atoms with van der Waals surface area (Å²) in [6, 6.07) is 0. The molecular formula is C12H18N2O6S2. The highest BCUT2D eigenvalue weighted by Gasteiger charge is 2.31. The summed E-state index contributed by atoms with van der Waals surface area (Å²) in [6.07, 6.45) is 1.24. The van der Waals surface area contributed by atoms with Crippen LogP contribution in [0.5, 0.6) is 0 Å². The molecule has 0 heterocycles. The zero-order valence-electron chi connectivity index (χ0n) is 12.1. The van der Waals surface area contributed by atoms with E-state index in [-0.39, 0.29) is 11.5 Å². The fourth-order valence-corrected chi connectivity index (χ4v) is 1.01. The van der Waals surface area contributed by atoms with Gasteiger partial charge < -0.3 is 20.9 Å². The van der Waals surface area contributed by atoms with Crippen molar-refractivity contribution in [1.29, 1.82) is 0 Å². The van der Waals surface area contributed by atoms with Crippen LogP contribution in [0.1, 0.15) is 13.8 Å². The molecule has 0 unspecified atom stereocenters. The Labute approximate surface area is 138 Å². The summed E-state index contributed by atoms with van der Waals surface area (Å²) in [4.78, 5) is 45.5. The Balaban J connectivity index is 4.55. The molecule has 0 saturated heterocycles. The van der Waals surface area contributed by atoms with Crippen molar-refractivity contribution < 1.29 is 28.7 Å². The molecule has 0 aliphatic heterocycles. The first-order valence-corrected chi connectivity index (χ1v) is 7.23. The van der Waals surface area contributed by atoms with Crippen LogP contribution < -0.4 is 11.5 Å². The minimum Gasteiger partial charge on any atom is -0.388 e. The summed E-state index contributed by atoms with van der Waals surface area (Å²) in [5, 5.41) is 0. The quantitative estimate of drug-likeness (QED) is 0.207. The van der Waals surface area contributed by atoms with Crippen LogP contribution in [-0.2, 0) is 28.7 Å². The third-order valence-corrected chi connectivity index (χ3v) is 3.65. The Morgan fingerprint density at radius 3 is 1.36 bits per heavy atom. The lowest BCUT2D eigenvalue weighted by molar-refractivity contribution is -0.162. The van der Waals surface area contributed by atoms with Gasteiger partial charge in [0.25, 0.3) is 0 Å². The Hall–Kier alpha value is -1.36. The Kier molecular flexibility index (Phi) is 7.81. The van der Waals surface area contributed by atoms with Crippen molar-refractivity contribution in [3.8, 4) is 0 Å². The minimum atomic E-state index is -1.45. The molecular weight excluding hydrogens is 332 g/mol. The number of carbonyl (C=O) groups is 4. The Morgan fingerprint density at radius 2 is 1.14 bits per heavy atom. The molecule has 0 saturated carbocycles. The summed E-state index contributed by atoms with van der Waals surface area (Å²) in [5.74, 6) is -4.39. The third kappa shape index (κ3) is 6.60. The predicted molar refractivity (Wildman–Crippen MR) is 84.2 cm³/mol. The second-order valence-electron chi connectivity index (χ2n) is 4.90. The van der Waals surface area contributed by atoms with Gasteiger partial charge in [-0.2, -0.15) is 25.3 Å². The van der Waals surface area contributed by atoms with Gasteiger partial charge in [0.05, 0.1) is 0 Å². The van der Waals surface area contributed by atoms with Crippen molar-refractivity contribution in [2.45, 2.75) is 24.9 Å². The maximum Gasteiger partial charge on any atom is 0.338 e. The minimum absolute atomic E-state index is 0.0435. The molecule has 124 valence electrons. The first-order chi connectivity index (χ1) is 9.96. The molecule has 0 aromatic rings. The van der Waals surface area contributed by atoms with E-state index in [1.807, 2.05) is 0 Å². The van der Waals surface area contributed by atoms with Crippen molar-refractivity contribution in [1.82, 2.24) is 0 Å². The number of nitrogens with two attached hydrogens (primary N) is 2. The summed E-state index contributed by atoms with van der Waals surface area (Å²) in [7, 11) is 0. The van der Waals surface area contributed by atoms with Crippen LogP contribution in [0.15, 0.2) is 12.2 Å². The van der Waals surface area contributed by atoms with Crippen molar-refractivity contribution >= 4 is 49.1 Å². The molecule has 0 aliphatic carbocycles. The van der Waals surface area contributed by atoms with Crippen LogP contribution in [0.2, 0.25) is 0 Å². The second-order valence-corrected chi connectivity index (χ2v) is 5.53. The molecule has 0 aliphatic rings. The van der Waals surface area contributed by atoms with E-state index in [0.29, 0.717) is 12.2 Å². The summed E-state index contributed by atoms with van der Waals surface area (Å²) in [6.45, 7) is 2.65. The SMILES string of the molecule is C[C@](N)(CS)C(=O)OC(=O)/C=C\C(=O)OC(=O)[C@@](C)(N)CS. The Bertz CT molecular complexity index is 458. The molecule has 0 spiro atoms. The molecule has 0 aromatic carbocycles. The van der Waals surface area contributed by atoms with E-state index in [1.165, 1.54) is 13.8 Å². The summed E-state index contributed by atoms with van der Waals surface area (Å²) >= 11 is 7.67. The van der Waals surface area contributed by atoms with Gasteiger partial charge >= 0.3 is 23.9 Å². The van der Waals surface area contributed by atoms with Crippen LogP contribution in [0.4, 0.5) is 0 Å². The van der Waals surface area contributed by atoms with Gasteiger partial charge in [-0.1, -0.05) is 0 Å². The lowest BCUT2D eigenvalue weighted by atomic mass is 10.1. The molecule has 10 heteroatoms. The van der Waals surface area contributed by atoms with E-state index >= 15 is 0 Å². The standard InChI is InChI=1S/C12H18N2O6S2/c1-11(13,5-21)9(17)19-7(15)3-4-8(16)20-10(18)12(2,14)6-22/h3-4,21-22H,5-6,13-14H2,1-2H3/b4-3-/t11-,12-/m0/s1. The first-order valence-electron chi connectivity index (χ1n) is 5.96. The number of carbonyl (C=O) groups excluding carboxylic acids is 4. The van der Waals surface area contributed by atoms with Gasteiger partial charge in [0.1, 0.15) is 11.1 Å². The largest absolute Gasteiger partial charge is 0.388 e. The summed E-state index contributed by atoms with van der Waals surface area (Å²) < 4.78 is 8.76. The molecule has 0 aromatic heterocycles. The highest BCUT2D eigenvalue weighted by atomic mass is 32.1. The average Bonchev–Trinajstić information content (AvgIpc) is 2.44. The average molecular weight is 350 g/mol. The molecule has 4 N–H and O–H groups in total. The number of hydrogen-bond donors (Lipinski definition) is 4. The van der Waals surface area contributed by atoms with E-state index in [1.54, 1.807) is 0 Å². The van der Waals surface area contributed by atoms with Crippen molar-refractivity contribution in [3.63, 3.8) is 0 Å². The van der Waals surface area contributed by atoms with Gasteiger partial charge in [0.2, 0.25) is 0 Å². The lowest BCUT2D eigenvalue weighted by Crippen LogP contribution is -2.48. The third-order valence-electron chi connectivity index (χ3n) is 2.33. The smallest absolute Gasteiger partial charge is 0.338 e. The zero-order chi connectivity index (χ0) is 17.6. The molecule has 0 rings (SSSR count). The van der Waals surface area contributed by atoms with Crippen molar-refractivity contribution in [2.24, 2.45) is 11.5 Å². The molecule has 8 nitrogen and oxygen atoms in total. The topological polar surface area (TPSA) is 139 Å². The van der Waals surface area contributed by atoms with Gasteiger partial charge in [0, 0.05) is 23.7 Å². The lowest BCUT2D eigenvalue weighted by Gasteiger charge is -2.18. The van der Waals surface area contributed by atoms with Crippen LogP contribution in [0.25, 0.3) is 0 Å². The van der Waals surface area contributed by atoms with Gasteiger partial charge in [-0.25, -0.2) is 19.2 Å². The first kappa shape index (κ1) is 20.6. The van der Waals surface area contributed by atoms with Crippen LogP contribution >= 0.6 is 25.3 Å². The molecule has 0 radical (unpaired) electrons. The second kappa shape index (κ2) is 8.32. The maximum absolute atomic E-state index is 11.5. The predicted octanol–water partition coefficient (Wildman–Crippen LogP) is -1.02. The monoisotopic (exact) mass is 350 g/mol. The van der Waals surface area contributed by atoms with Crippen LogP contribution in [0.3, 0.4) is 0 Å². The van der Waals surface area contributed by atoms with Crippen molar-refractivity contribution in [2.75, 3.05) is 11.5 Å². The number of ether oxygens (including phenoxy) is 2. The molecule has 0 amide bonds. The van der Waals surface area contributed by atoms with E-state index < -0.39 is 35.0 Å². The van der Waals surface area contributed by atoms with E-state index in [4.69, 9.17) is 11.5 Å². The van der Waals surface area contributed by atoms with Crippen LogP contribution in [0, 0.1) is 0 Å². The van der Waals surface area contributed by atoms with Crippen molar-refractivity contribution in [3.05, 3.63) is 12.2 Å². The number of esters is 4. The fraction of sp³-hybridized carbons (Fsp3) is 0.500. The highest BCUT2D eigenvalue weighted by Crippen LogP contribution is 2.06. The molecule has 22 heavy (non-hydrogen) atoms. The Morgan fingerprint density at radius 1 is 0.864 bits per heavy atom. The molecule has 0 fully saturated rings. The molecule has 0 bridgehead atoms. The van der Waals surface area contributed by atoms with Crippen LogP contribution in [-0.4, -0.2) is 46.5 Å². The number of thiol groups is 2. The van der Waals surface area contributed by atoms with Gasteiger partial charge in [0.15, 0.2) is 0 Å². The van der Waals surface area contributed by atoms with E-state index in [9.17, 15) is 19.2 Å². The van der Waals surface area contributed by atoms with Gasteiger partial charge in [-0.05, 0) is 13.8 Å². The maximum atomic E-state index is 11.5. The molecule has 2 atom stereocenters. The van der Waals surface area contributed by atoms with Gasteiger partial charge in [-0.15, -0.1) is 0 Å². The van der Waals surface area contributed by atoms with E-state index in [0.717, 1.165) is 0 Å². The highest BCUT2D eigenvalue weighted by molar-refractivity contribution is 7.80. The zero-order valence-corrected chi connectivity index (χ0v) is 13.9. The summed E-state index contributed by atoms with van der Waals surface area (Å²) in [5.41, 5.74) is 8.12. The normalized spacial score (nSPS) is 16.5. The van der Waals surface area contributed by atoms with E-state index in [2.05, 4.69) is 34.7 Å².